The van der Waals surface area contributed by atoms with Gasteiger partial charge in [0.25, 0.3) is 5.91 Å². The normalized spacial score (nSPS) is 13.9. The van der Waals surface area contributed by atoms with Gasteiger partial charge in [-0.3, -0.25) is 4.79 Å². The van der Waals surface area contributed by atoms with Gasteiger partial charge in [-0.05, 0) is 12.1 Å². The summed E-state index contributed by atoms with van der Waals surface area (Å²) in [6, 6.07) is 9.40. The van der Waals surface area contributed by atoms with Gasteiger partial charge in [-0.25, -0.2) is 4.98 Å². The number of hydrogen-bond donors (Lipinski definition) is 0. The molecule has 0 atom stereocenters. The molecule has 0 spiro atoms. The highest BCUT2D eigenvalue weighted by molar-refractivity contribution is 5.78. The predicted molar refractivity (Wildman–Crippen MR) is 74.3 cm³/mol. The van der Waals surface area contributed by atoms with E-state index in [-0.39, 0.29) is 12.5 Å². The highest BCUT2D eigenvalue weighted by atomic mass is 16.5. The molecule has 104 valence electrons. The molecule has 3 rings (SSSR count). The Morgan fingerprint density at radius 1 is 1.35 bits per heavy atom. The lowest BCUT2D eigenvalue weighted by molar-refractivity contribution is -0.134. The number of amides is 1. The highest BCUT2D eigenvalue weighted by Crippen LogP contribution is 2.17. The van der Waals surface area contributed by atoms with Gasteiger partial charge in [0.05, 0.1) is 24.3 Å². The van der Waals surface area contributed by atoms with Crippen molar-refractivity contribution in [1.29, 1.82) is 0 Å². The van der Waals surface area contributed by atoms with Crippen LogP contribution in [0.4, 0.5) is 0 Å². The number of imidazole rings is 1. The molecule has 1 aromatic carbocycles. The molecule has 0 saturated heterocycles. The minimum absolute atomic E-state index is 0.0145. The summed E-state index contributed by atoms with van der Waals surface area (Å²) in [6.45, 7) is 1.40. The maximum atomic E-state index is 12.2. The lowest BCUT2D eigenvalue weighted by atomic mass is 10.1. The van der Waals surface area contributed by atoms with E-state index >= 15 is 0 Å². The van der Waals surface area contributed by atoms with Crippen molar-refractivity contribution >= 4 is 5.91 Å². The van der Waals surface area contributed by atoms with Crippen LogP contribution in [-0.2, 0) is 24.8 Å². The molecular formula is C15H17N3O2. The Balaban J connectivity index is 1.60. The van der Waals surface area contributed by atoms with Gasteiger partial charge in [0, 0.05) is 20.0 Å². The van der Waals surface area contributed by atoms with Crippen molar-refractivity contribution in [3.8, 4) is 5.75 Å². The number of fused-ring (bicyclic) bond motifs is 1. The SMILES string of the molecule is Cn1cnc2c1CN(C(=O)COc1ccccc1)CC2. The summed E-state index contributed by atoms with van der Waals surface area (Å²) in [5, 5.41) is 0. The molecule has 0 aliphatic carbocycles. The average Bonchev–Trinajstić information content (AvgIpc) is 2.87. The van der Waals surface area contributed by atoms with Crippen LogP contribution in [0.5, 0.6) is 5.75 Å². The molecule has 0 N–H and O–H groups in total. The summed E-state index contributed by atoms with van der Waals surface area (Å²) in [4.78, 5) is 18.3. The molecule has 5 heteroatoms. The third kappa shape index (κ3) is 2.52. The monoisotopic (exact) mass is 271 g/mol. The molecule has 5 nitrogen and oxygen atoms in total. The lowest BCUT2D eigenvalue weighted by Gasteiger charge is -2.27. The maximum absolute atomic E-state index is 12.2. The van der Waals surface area contributed by atoms with Crippen LogP contribution >= 0.6 is 0 Å². The smallest absolute Gasteiger partial charge is 0.260 e. The van der Waals surface area contributed by atoms with Gasteiger partial charge in [0.15, 0.2) is 6.61 Å². The van der Waals surface area contributed by atoms with E-state index in [1.54, 1.807) is 6.33 Å². The third-order valence-electron chi connectivity index (χ3n) is 3.56. The number of carbonyl (C=O) groups excluding carboxylic acids is 1. The molecule has 2 heterocycles. The zero-order valence-electron chi connectivity index (χ0n) is 11.5. The molecule has 0 unspecified atom stereocenters. The van der Waals surface area contributed by atoms with Crippen LogP contribution < -0.4 is 4.74 Å². The molecule has 1 amide bonds. The second kappa shape index (κ2) is 5.36. The van der Waals surface area contributed by atoms with Crippen molar-refractivity contribution in [2.75, 3.05) is 13.2 Å². The second-order valence-electron chi connectivity index (χ2n) is 4.92. The first kappa shape index (κ1) is 12.7. The van der Waals surface area contributed by atoms with E-state index < -0.39 is 0 Å². The molecule has 2 aromatic rings. The fourth-order valence-corrected chi connectivity index (χ4v) is 2.38. The predicted octanol–water partition coefficient (Wildman–Crippen LogP) is 1.38. The topological polar surface area (TPSA) is 47.4 Å². The van der Waals surface area contributed by atoms with Gasteiger partial charge in [0.1, 0.15) is 5.75 Å². The van der Waals surface area contributed by atoms with Crippen molar-refractivity contribution in [1.82, 2.24) is 14.5 Å². The van der Waals surface area contributed by atoms with Gasteiger partial charge in [-0.15, -0.1) is 0 Å². The number of hydrogen-bond acceptors (Lipinski definition) is 3. The average molecular weight is 271 g/mol. The number of nitrogens with zero attached hydrogens (tertiary/aromatic N) is 3. The molecular weight excluding hydrogens is 254 g/mol. The lowest BCUT2D eigenvalue weighted by Crippen LogP contribution is -2.39. The van der Waals surface area contributed by atoms with Crippen molar-refractivity contribution < 1.29 is 9.53 Å². The van der Waals surface area contributed by atoms with Crippen LogP contribution in [0.25, 0.3) is 0 Å². The molecule has 1 aromatic heterocycles. The Bertz CT molecular complexity index is 607. The van der Waals surface area contributed by atoms with Crippen LogP contribution in [0.2, 0.25) is 0 Å². The molecule has 0 bridgehead atoms. The first-order chi connectivity index (χ1) is 9.74. The number of benzene rings is 1. The van der Waals surface area contributed by atoms with E-state index in [2.05, 4.69) is 4.98 Å². The zero-order chi connectivity index (χ0) is 13.9. The summed E-state index contributed by atoms with van der Waals surface area (Å²) < 4.78 is 7.49. The van der Waals surface area contributed by atoms with Gasteiger partial charge in [-0.1, -0.05) is 18.2 Å². The minimum Gasteiger partial charge on any atom is -0.484 e. The number of aryl methyl sites for hydroxylation is 1. The van der Waals surface area contributed by atoms with Gasteiger partial charge in [0.2, 0.25) is 0 Å². The molecule has 1 aliphatic heterocycles. The number of ether oxygens (including phenoxy) is 1. The summed E-state index contributed by atoms with van der Waals surface area (Å²) in [6.07, 6.45) is 2.62. The molecule has 20 heavy (non-hydrogen) atoms. The molecule has 0 fully saturated rings. The highest BCUT2D eigenvalue weighted by Gasteiger charge is 2.23. The Morgan fingerprint density at radius 2 is 2.15 bits per heavy atom. The van der Waals surface area contributed by atoms with E-state index in [0.29, 0.717) is 13.1 Å². The van der Waals surface area contributed by atoms with Gasteiger partial charge in [-0.2, -0.15) is 0 Å². The quantitative estimate of drug-likeness (QED) is 0.847. The van der Waals surface area contributed by atoms with Crippen LogP contribution in [0, 0.1) is 0 Å². The van der Waals surface area contributed by atoms with E-state index in [9.17, 15) is 4.79 Å². The van der Waals surface area contributed by atoms with Crippen LogP contribution in [0.3, 0.4) is 0 Å². The largest absolute Gasteiger partial charge is 0.484 e. The van der Waals surface area contributed by atoms with Gasteiger partial charge >= 0.3 is 0 Å². The summed E-state index contributed by atoms with van der Waals surface area (Å²) in [5.74, 6) is 0.736. The minimum atomic E-state index is 0.0145. The fourth-order valence-electron chi connectivity index (χ4n) is 2.38. The Kier molecular flexibility index (Phi) is 3.41. The summed E-state index contributed by atoms with van der Waals surface area (Å²) in [7, 11) is 1.96. The van der Waals surface area contributed by atoms with Crippen molar-refractivity contribution in [2.24, 2.45) is 7.05 Å². The number of aromatic nitrogens is 2. The maximum Gasteiger partial charge on any atom is 0.260 e. The second-order valence-corrected chi connectivity index (χ2v) is 4.92. The van der Waals surface area contributed by atoms with E-state index in [4.69, 9.17) is 4.74 Å². The van der Waals surface area contributed by atoms with Crippen LogP contribution in [-0.4, -0.2) is 33.5 Å². The Hall–Kier alpha value is -2.30. The number of rotatable bonds is 3. The van der Waals surface area contributed by atoms with Crippen molar-refractivity contribution in [3.05, 3.63) is 48.0 Å². The number of carbonyl (C=O) groups is 1. The standard InChI is InChI=1S/C15H17N3O2/c1-17-11-16-13-7-8-18(9-14(13)17)15(19)10-20-12-5-3-2-4-6-12/h2-6,11H,7-10H2,1H3. The fraction of sp³-hybridized carbons (Fsp3) is 0.333. The van der Waals surface area contributed by atoms with Crippen LogP contribution in [0.1, 0.15) is 11.4 Å². The molecule has 0 radical (unpaired) electrons. The Labute approximate surface area is 117 Å². The van der Waals surface area contributed by atoms with Crippen LogP contribution in [0.15, 0.2) is 36.7 Å². The Morgan fingerprint density at radius 3 is 2.95 bits per heavy atom. The first-order valence-electron chi connectivity index (χ1n) is 6.69. The van der Waals surface area contributed by atoms with Crippen molar-refractivity contribution in [3.63, 3.8) is 0 Å². The van der Waals surface area contributed by atoms with E-state index in [0.717, 1.165) is 23.6 Å². The zero-order valence-corrected chi connectivity index (χ0v) is 11.5. The molecule has 1 aliphatic rings. The van der Waals surface area contributed by atoms with E-state index in [1.807, 2.05) is 46.8 Å². The van der Waals surface area contributed by atoms with Gasteiger partial charge < -0.3 is 14.2 Å². The van der Waals surface area contributed by atoms with E-state index in [1.165, 1.54) is 0 Å². The third-order valence-corrected chi connectivity index (χ3v) is 3.56. The molecule has 0 saturated carbocycles. The van der Waals surface area contributed by atoms with Crippen molar-refractivity contribution in [2.45, 2.75) is 13.0 Å². The summed E-state index contributed by atoms with van der Waals surface area (Å²) in [5.41, 5.74) is 2.21. The number of para-hydroxylation sites is 1. The first-order valence-corrected chi connectivity index (χ1v) is 6.69. The summed E-state index contributed by atoms with van der Waals surface area (Å²) >= 11 is 0.